The van der Waals surface area contributed by atoms with Crippen LogP contribution in [0.15, 0.2) is 24.4 Å². The first-order chi connectivity index (χ1) is 6.49. The van der Waals surface area contributed by atoms with E-state index >= 15 is 0 Å². The molecule has 3 N–H and O–H groups in total. The lowest BCUT2D eigenvalue weighted by Crippen LogP contribution is -2.26. The number of nitrogens with one attached hydrogen (secondary N) is 1. The number of aromatic nitrogens is 1. The smallest absolute Gasteiger partial charge is 0.240 e. The molecule has 0 radical (unpaired) electrons. The highest BCUT2D eigenvalue weighted by atomic mass is 32.2. The second kappa shape index (κ2) is 4.34. The first-order valence-corrected chi connectivity index (χ1v) is 5.75. The van der Waals surface area contributed by atoms with Crippen molar-refractivity contribution in [3.63, 3.8) is 0 Å². The first-order valence-electron chi connectivity index (χ1n) is 3.69. The number of hydrogen-bond donors (Lipinski definition) is 2. The number of rotatable bonds is 4. The third kappa shape index (κ3) is 3.67. The molecule has 7 heteroatoms. The summed E-state index contributed by atoms with van der Waals surface area (Å²) in [7, 11) is -3.51. The number of sulfonamides is 1. The van der Waals surface area contributed by atoms with E-state index in [-0.39, 0.29) is 16.6 Å². The molecule has 0 unspecified atom stereocenters. The van der Waals surface area contributed by atoms with Crippen molar-refractivity contribution < 1.29 is 8.42 Å². The standard InChI is InChI=1S/C7H9N3O2S2/c8-6(13)5-14(11,12)10-7-3-1-2-4-9-7/h1-4H,5H2,(H2,8,13)(H,9,10). The number of pyridine rings is 1. The molecule has 0 fully saturated rings. The predicted molar refractivity (Wildman–Crippen MR) is 58.4 cm³/mol. The molecule has 1 aromatic heterocycles. The Kier molecular flexibility index (Phi) is 3.37. The fourth-order valence-electron chi connectivity index (χ4n) is 0.806. The van der Waals surface area contributed by atoms with E-state index in [0.29, 0.717) is 0 Å². The Bertz CT molecular complexity index is 416. The molecular formula is C7H9N3O2S2. The molecule has 0 spiro atoms. The van der Waals surface area contributed by atoms with E-state index in [9.17, 15) is 8.42 Å². The van der Waals surface area contributed by atoms with Gasteiger partial charge in [-0.2, -0.15) is 0 Å². The molecule has 0 aromatic carbocycles. The molecule has 0 amide bonds. The van der Waals surface area contributed by atoms with Gasteiger partial charge in [-0.3, -0.25) is 4.72 Å². The number of hydrogen-bond acceptors (Lipinski definition) is 4. The van der Waals surface area contributed by atoms with Crippen LogP contribution in [0.4, 0.5) is 5.82 Å². The minimum absolute atomic E-state index is 0.0755. The van der Waals surface area contributed by atoms with E-state index in [1.807, 2.05) is 0 Å². The SMILES string of the molecule is NC(=S)CS(=O)(=O)Nc1ccccn1. The second-order valence-electron chi connectivity index (χ2n) is 2.54. The number of nitrogens with zero attached hydrogens (tertiary/aromatic N) is 1. The lowest BCUT2D eigenvalue weighted by Gasteiger charge is -2.05. The van der Waals surface area contributed by atoms with Crippen molar-refractivity contribution in [2.24, 2.45) is 5.73 Å². The van der Waals surface area contributed by atoms with Gasteiger partial charge < -0.3 is 5.73 Å². The van der Waals surface area contributed by atoms with E-state index in [2.05, 4.69) is 21.9 Å². The van der Waals surface area contributed by atoms with Crippen LogP contribution < -0.4 is 10.5 Å². The van der Waals surface area contributed by atoms with Crippen molar-refractivity contribution in [3.05, 3.63) is 24.4 Å². The van der Waals surface area contributed by atoms with Crippen LogP contribution in [0.3, 0.4) is 0 Å². The topological polar surface area (TPSA) is 85.1 Å². The van der Waals surface area contributed by atoms with Gasteiger partial charge in [-0.05, 0) is 12.1 Å². The van der Waals surface area contributed by atoms with E-state index < -0.39 is 10.0 Å². The largest absolute Gasteiger partial charge is 0.392 e. The average Bonchev–Trinajstić information content (AvgIpc) is 2.02. The highest BCUT2D eigenvalue weighted by Gasteiger charge is 2.11. The third-order valence-electron chi connectivity index (χ3n) is 1.26. The minimum Gasteiger partial charge on any atom is -0.392 e. The summed E-state index contributed by atoms with van der Waals surface area (Å²) < 4.78 is 24.8. The van der Waals surface area contributed by atoms with Crippen molar-refractivity contribution in [3.8, 4) is 0 Å². The predicted octanol–water partition coefficient (Wildman–Crippen LogP) is 0.109. The zero-order valence-corrected chi connectivity index (χ0v) is 8.81. The summed E-state index contributed by atoms with van der Waals surface area (Å²) in [6, 6.07) is 4.90. The fraction of sp³-hybridized carbons (Fsp3) is 0.143. The van der Waals surface area contributed by atoms with Crippen molar-refractivity contribution in [2.45, 2.75) is 0 Å². The maximum absolute atomic E-state index is 11.3. The van der Waals surface area contributed by atoms with Gasteiger partial charge >= 0.3 is 0 Å². The molecule has 0 aliphatic heterocycles. The van der Waals surface area contributed by atoms with Gasteiger partial charge in [0, 0.05) is 6.20 Å². The molecule has 1 aromatic rings. The Hall–Kier alpha value is -1.21. The lowest BCUT2D eigenvalue weighted by molar-refractivity contribution is 0.604. The van der Waals surface area contributed by atoms with Crippen LogP contribution in [-0.4, -0.2) is 24.1 Å². The van der Waals surface area contributed by atoms with E-state index in [1.165, 1.54) is 12.3 Å². The summed E-state index contributed by atoms with van der Waals surface area (Å²) in [5.74, 6) is -0.123. The molecule has 0 aliphatic rings. The number of anilines is 1. The zero-order chi connectivity index (χ0) is 10.6. The van der Waals surface area contributed by atoms with Crippen molar-refractivity contribution in [1.82, 2.24) is 4.98 Å². The third-order valence-corrected chi connectivity index (χ3v) is 2.80. The van der Waals surface area contributed by atoms with E-state index in [0.717, 1.165) is 0 Å². The number of nitrogens with two attached hydrogens (primary N) is 1. The van der Waals surface area contributed by atoms with Crippen LogP contribution in [0.1, 0.15) is 0 Å². The molecule has 0 saturated carbocycles. The molecule has 0 aliphatic carbocycles. The van der Waals surface area contributed by atoms with Crippen molar-refractivity contribution in [2.75, 3.05) is 10.5 Å². The van der Waals surface area contributed by atoms with Gasteiger partial charge in [0.25, 0.3) is 0 Å². The van der Waals surface area contributed by atoms with E-state index in [1.54, 1.807) is 12.1 Å². The molecule has 0 saturated heterocycles. The summed E-state index contributed by atoms with van der Waals surface area (Å²) in [5, 5.41) is 0. The van der Waals surface area contributed by atoms with Crippen LogP contribution in [0.25, 0.3) is 0 Å². The Morgan fingerprint density at radius 3 is 2.79 bits per heavy atom. The fourth-order valence-corrected chi connectivity index (χ4v) is 2.16. The van der Waals surface area contributed by atoms with Crippen LogP contribution >= 0.6 is 12.2 Å². The summed E-state index contributed by atoms with van der Waals surface area (Å²) in [6.07, 6.45) is 1.48. The van der Waals surface area contributed by atoms with E-state index in [4.69, 9.17) is 5.73 Å². The molecule has 14 heavy (non-hydrogen) atoms. The zero-order valence-electron chi connectivity index (χ0n) is 7.17. The Balaban J connectivity index is 2.74. The quantitative estimate of drug-likeness (QED) is 0.718. The highest BCUT2D eigenvalue weighted by molar-refractivity contribution is 7.95. The van der Waals surface area contributed by atoms with Gasteiger partial charge in [0.1, 0.15) is 11.6 Å². The molecule has 1 rings (SSSR count). The molecule has 76 valence electrons. The van der Waals surface area contributed by atoms with Crippen LogP contribution in [0.5, 0.6) is 0 Å². The average molecular weight is 231 g/mol. The normalized spacial score (nSPS) is 10.9. The van der Waals surface area contributed by atoms with Gasteiger partial charge in [0.05, 0.1) is 4.99 Å². The van der Waals surface area contributed by atoms with Gasteiger partial charge in [-0.25, -0.2) is 13.4 Å². The Morgan fingerprint density at radius 2 is 2.29 bits per heavy atom. The summed E-state index contributed by atoms with van der Waals surface area (Å²) in [4.78, 5) is 3.72. The highest BCUT2D eigenvalue weighted by Crippen LogP contribution is 2.03. The summed E-state index contributed by atoms with van der Waals surface area (Å²) in [5.41, 5.74) is 5.12. The van der Waals surface area contributed by atoms with Gasteiger partial charge in [-0.15, -0.1) is 0 Å². The maximum Gasteiger partial charge on any atom is 0.240 e. The lowest BCUT2D eigenvalue weighted by atomic mass is 10.5. The van der Waals surface area contributed by atoms with Crippen LogP contribution in [-0.2, 0) is 10.0 Å². The molecule has 1 heterocycles. The maximum atomic E-state index is 11.3. The van der Waals surface area contributed by atoms with Gasteiger partial charge in [-0.1, -0.05) is 18.3 Å². The van der Waals surface area contributed by atoms with Gasteiger partial charge in [0.2, 0.25) is 10.0 Å². The van der Waals surface area contributed by atoms with Crippen LogP contribution in [0, 0.1) is 0 Å². The second-order valence-corrected chi connectivity index (χ2v) is 4.79. The Morgan fingerprint density at radius 1 is 1.57 bits per heavy atom. The first kappa shape index (κ1) is 10.9. The van der Waals surface area contributed by atoms with Gasteiger partial charge in [0.15, 0.2) is 0 Å². The molecular weight excluding hydrogens is 222 g/mol. The molecule has 0 atom stereocenters. The molecule has 5 nitrogen and oxygen atoms in total. The summed E-state index contributed by atoms with van der Waals surface area (Å²) in [6.45, 7) is 0. The monoisotopic (exact) mass is 231 g/mol. The Labute approximate surface area is 87.4 Å². The number of thiocarbonyl (C=S) groups is 1. The van der Waals surface area contributed by atoms with Crippen LogP contribution in [0.2, 0.25) is 0 Å². The van der Waals surface area contributed by atoms with Crippen molar-refractivity contribution >= 4 is 33.0 Å². The minimum atomic E-state index is -3.51. The summed E-state index contributed by atoms with van der Waals surface area (Å²) >= 11 is 4.50. The van der Waals surface area contributed by atoms with Crippen molar-refractivity contribution in [1.29, 1.82) is 0 Å². The molecule has 0 bridgehead atoms.